The molecule has 2 nitrogen and oxygen atoms in total. The predicted molar refractivity (Wildman–Crippen MR) is 86.6 cm³/mol. The van der Waals surface area contributed by atoms with Crippen molar-refractivity contribution in [3.05, 3.63) is 59.1 Å². The van der Waals surface area contributed by atoms with E-state index in [9.17, 15) is 4.79 Å². The molecule has 0 saturated heterocycles. The maximum absolute atomic E-state index is 12.2. The molecule has 0 radical (unpaired) electrons. The second kappa shape index (κ2) is 6.82. The second-order valence-corrected chi connectivity index (χ2v) is 6.37. The molecule has 0 aliphatic carbocycles. The van der Waals surface area contributed by atoms with E-state index in [1.807, 2.05) is 56.3 Å². The number of thioether (sulfide) groups is 1. The predicted octanol–water partition coefficient (Wildman–Crippen LogP) is 4.77. The van der Waals surface area contributed by atoms with Crippen LogP contribution < -0.4 is 5.32 Å². The van der Waals surface area contributed by atoms with Gasteiger partial charge in [-0.2, -0.15) is 0 Å². The molecule has 0 bridgehead atoms. The Morgan fingerprint density at radius 3 is 2.55 bits per heavy atom. The van der Waals surface area contributed by atoms with E-state index in [0.29, 0.717) is 5.02 Å². The fourth-order valence-electron chi connectivity index (χ4n) is 1.76. The Kier molecular flexibility index (Phi) is 5.10. The van der Waals surface area contributed by atoms with Crippen LogP contribution in [0.25, 0.3) is 0 Å². The largest absolute Gasteiger partial charge is 0.325 e. The summed E-state index contributed by atoms with van der Waals surface area (Å²) in [7, 11) is 0. The van der Waals surface area contributed by atoms with Crippen LogP contribution >= 0.6 is 23.4 Å². The van der Waals surface area contributed by atoms with Gasteiger partial charge >= 0.3 is 0 Å². The fraction of sp³-hybridized carbons (Fsp3) is 0.188. The van der Waals surface area contributed by atoms with Crippen LogP contribution in [-0.4, -0.2) is 11.2 Å². The maximum atomic E-state index is 12.2. The van der Waals surface area contributed by atoms with E-state index in [0.717, 1.165) is 16.1 Å². The molecule has 0 aliphatic heterocycles. The van der Waals surface area contributed by atoms with Crippen molar-refractivity contribution in [2.24, 2.45) is 0 Å². The van der Waals surface area contributed by atoms with Crippen LogP contribution in [0.5, 0.6) is 0 Å². The zero-order valence-electron chi connectivity index (χ0n) is 11.4. The van der Waals surface area contributed by atoms with Crippen LogP contribution in [-0.2, 0) is 4.79 Å². The SMILES string of the molecule is Cc1cc(Cl)ccc1NC(=O)[C@H](C)Sc1ccccc1. The number of carbonyl (C=O) groups is 1. The summed E-state index contributed by atoms with van der Waals surface area (Å²) in [4.78, 5) is 13.3. The van der Waals surface area contributed by atoms with Crippen molar-refractivity contribution in [2.75, 3.05) is 5.32 Å². The summed E-state index contributed by atoms with van der Waals surface area (Å²) >= 11 is 7.45. The number of aryl methyl sites for hydroxylation is 1. The maximum Gasteiger partial charge on any atom is 0.237 e. The minimum atomic E-state index is -0.160. The second-order valence-electron chi connectivity index (χ2n) is 4.52. The highest BCUT2D eigenvalue weighted by Gasteiger charge is 2.15. The lowest BCUT2D eigenvalue weighted by molar-refractivity contribution is -0.115. The average Bonchev–Trinajstić information content (AvgIpc) is 2.43. The smallest absolute Gasteiger partial charge is 0.237 e. The number of amides is 1. The highest BCUT2D eigenvalue weighted by atomic mass is 35.5. The summed E-state index contributed by atoms with van der Waals surface area (Å²) in [6, 6.07) is 15.4. The van der Waals surface area contributed by atoms with Gasteiger partial charge in [0.25, 0.3) is 0 Å². The summed E-state index contributed by atoms with van der Waals surface area (Å²) in [5.74, 6) is -0.00993. The molecule has 0 saturated carbocycles. The van der Waals surface area contributed by atoms with Crippen molar-refractivity contribution in [1.82, 2.24) is 0 Å². The van der Waals surface area contributed by atoms with Crippen molar-refractivity contribution in [1.29, 1.82) is 0 Å². The first-order valence-corrected chi connectivity index (χ1v) is 7.61. The lowest BCUT2D eigenvalue weighted by Gasteiger charge is -2.13. The minimum Gasteiger partial charge on any atom is -0.325 e. The number of halogens is 1. The molecule has 0 heterocycles. The Hall–Kier alpha value is -1.45. The minimum absolute atomic E-state index is 0.00993. The zero-order chi connectivity index (χ0) is 14.5. The lowest BCUT2D eigenvalue weighted by Crippen LogP contribution is -2.22. The van der Waals surface area contributed by atoms with Gasteiger partial charge in [0.1, 0.15) is 0 Å². The van der Waals surface area contributed by atoms with Gasteiger partial charge in [0.05, 0.1) is 5.25 Å². The third kappa shape index (κ3) is 4.02. The van der Waals surface area contributed by atoms with Crippen molar-refractivity contribution in [2.45, 2.75) is 24.0 Å². The molecule has 1 N–H and O–H groups in total. The molecule has 1 atom stereocenters. The quantitative estimate of drug-likeness (QED) is 0.825. The lowest BCUT2D eigenvalue weighted by atomic mass is 10.2. The van der Waals surface area contributed by atoms with Crippen LogP contribution in [0.3, 0.4) is 0 Å². The number of hydrogen-bond acceptors (Lipinski definition) is 2. The van der Waals surface area contributed by atoms with Crippen molar-refractivity contribution >= 4 is 35.0 Å². The topological polar surface area (TPSA) is 29.1 Å². The van der Waals surface area contributed by atoms with Gasteiger partial charge in [-0.05, 0) is 49.7 Å². The fourth-order valence-corrected chi connectivity index (χ4v) is 2.87. The van der Waals surface area contributed by atoms with Gasteiger partial charge in [-0.3, -0.25) is 4.79 Å². The summed E-state index contributed by atoms with van der Waals surface area (Å²) in [5, 5.41) is 3.45. The first kappa shape index (κ1) is 14.9. The molecule has 2 rings (SSSR count). The van der Waals surface area contributed by atoms with Gasteiger partial charge in [0.15, 0.2) is 0 Å². The number of rotatable bonds is 4. The molecular weight excluding hydrogens is 290 g/mol. The number of anilines is 1. The van der Waals surface area contributed by atoms with E-state index in [1.54, 1.807) is 17.8 Å². The van der Waals surface area contributed by atoms with Crippen LogP contribution in [0.2, 0.25) is 5.02 Å². The van der Waals surface area contributed by atoms with Crippen LogP contribution in [0.4, 0.5) is 5.69 Å². The molecule has 104 valence electrons. The van der Waals surface area contributed by atoms with Crippen LogP contribution in [0.15, 0.2) is 53.4 Å². The molecule has 0 fully saturated rings. The van der Waals surface area contributed by atoms with E-state index in [4.69, 9.17) is 11.6 Å². The first-order valence-electron chi connectivity index (χ1n) is 6.35. The highest BCUT2D eigenvalue weighted by Crippen LogP contribution is 2.25. The molecule has 0 aliphatic rings. The summed E-state index contributed by atoms with van der Waals surface area (Å²) in [5.41, 5.74) is 1.77. The number of carbonyl (C=O) groups excluding carboxylic acids is 1. The first-order chi connectivity index (χ1) is 9.56. The van der Waals surface area contributed by atoms with Gasteiger partial charge in [-0.25, -0.2) is 0 Å². The standard InChI is InChI=1S/C16H16ClNOS/c1-11-10-13(17)8-9-15(11)18-16(19)12(2)20-14-6-4-3-5-7-14/h3-10,12H,1-2H3,(H,18,19)/t12-/m0/s1. The summed E-state index contributed by atoms with van der Waals surface area (Å²) in [6.07, 6.45) is 0. The molecule has 0 aromatic heterocycles. The molecule has 0 unspecified atom stereocenters. The van der Waals surface area contributed by atoms with E-state index >= 15 is 0 Å². The summed E-state index contributed by atoms with van der Waals surface area (Å²) < 4.78 is 0. The van der Waals surface area contributed by atoms with Crippen molar-refractivity contribution < 1.29 is 4.79 Å². The third-order valence-corrected chi connectivity index (χ3v) is 4.22. The summed E-state index contributed by atoms with van der Waals surface area (Å²) in [6.45, 7) is 3.83. The number of nitrogens with one attached hydrogen (secondary N) is 1. The van der Waals surface area contributed by atoms with Crippen molar-refractivity contribution in [3.63, 3.8) is 0 Å². The van der Waals surface area contributed by atoms with Gasteiger partial charge in [-0.15, -0.1) is 11.8 Å². The zero-order valence-corrected chi connectivity index (χ0v) is 13.0. The number of benzene rings is 2. The van der Waals surface area contributed by atoms with Gasteiger partial charge in [0.2, 0.25) is 5.91 Å². The molecular formula is C16H16ClNOS. The van der Waals surface area contributed by atoms with E-state index in [-0.39, 0.29) is 11.2 Å². The van der Waals surface area contributed by atoms with E-state index in [1.165, 1.54) is 0 Å². The molecule has 2 aromatic carbocycles. The van der Waals surface area contributed by atoms with Gasteiger partial charge < -0.3 is 5.32 Å². The molecule has 20 heavy (non-hydrogen) atoms. The van der Waals surface area contributed by atoms with Crippen molar-refractivity contribution in [3.8, 4) is 0 Å². The Balaban J connectivity index is 2.01. The van der Waals surface area contributed by atoms with Crippen LogP contribution in [0.1, 0.15) is 12.5 Å². The Labute approximate surface area is 128 Å². The normalized spacial score (nSPS) is 11.9. The highest BCUT2D eigenvalue weighted by molar-refractivity contribution is 8.00. The Morgan fingerprint density at radius 1 is 1.20 bits per heavy atom. The molecule has 1 amide bonds. The van der Waals surface area contributed by atoms with Crippen LogP contribution in [0, 0.1) is 6.92 Å². The molecule has 2 aromatic rings. The molecule has 0 spiro atoms. The van der Waals surface area contributed by atoms with Gasteiger partial charge in [-0.1, -0.05) is 29.8 Å². The third-order valence-electron chi connectivity index (χ3n) is 2.87. The monoisotopic (exact) mass is 305 g/mol. The molecule has 4 heteroatoms. The van der Waals surface area contributed by atoms with E-state index < -0.39 is 0 Å². The van der Waals surface area contributed by atoms with E-state index in [2.05, 4.69) is 5.32 Å². The average molecular weight is 306 g/mol. The Bertz CT molecular complexity index is 601. The van der Waals surface area contributed by atoms with Gasteiger partial charge in [0, 0.05) is 15.6 Å². The Morgan fingerprint density at radius 2 is 1.90 bits per heavy atom. The number of hydrogen-bond donors (Lipinski definition) is 1.